The lowest BCUT2D eigenvalue weighted by Crippen LogP contribution is -2.50. The molecule has 1 rings (SSSR count). The summed E-state index contributed by atoms with van der Waals surface area (Å²) >= 11 is 0. The van der Waals surface area contributed by atoms with Crippen molar-refractivity contribution >= 4 is 7.85 Å². The number of ether oxygens (including phenoxy) is 3. The van der Waals surface area contributed by atoms with E-state index in [1.807, 2.05) is 27.7 Å². The van der Waals surface area contributed by atoms with E-state index < -0.39 is 17.9 Å². The summed E-state index contributed by atoms with van der Waals surface area (Å²) in [6.07, 6.45) is -0.785. The Morgan fingerprint density at radius 2 is 1.93 bits per heavy atom. The summed E-state index contributed by atoms with van der Waals surface area (Å²) in [5.74, 6) is -1.43. The van der Waals surface area contributed by atoms with Crippen molar-refractivity contribution in [2.45, 2.75) is 57.8 Å². The number of hydrogen-bond acceptors (Lipinski definition) is 4. The zero-order chi connectivity index (χ0) is 11.6. The van der Waals surface area contributed by atoms with Crippen LogP contribution in [0.1, 0.15) is 27.7 Å². The molecule has 2 radical (unpaired) electrons. The van der Waals surface area contributed by atoms with Gasteiger partial charge in [-0.05, 0) is 27.7 Å². The van der Waals surface area contributed by atoms with E-state index in [-0.39, 0.29) is 18.8 Å². The lowest BCUT2D eigenvalue weighted by molar-refractivity contribution is -0.268. The third-order valence-electron chi connectivity index (χ3n) is 2.08. The van der Waals surface area contributed by atoms with E-state index in [1.54, 1.807) is 0 Å². The van der Waals surface area contributed by atoms with Gasteiger partial charge in [-0.15, -0.1) is 0 Å². The maximum Gasteiger partial charge on any atom is 0.218 e. The van der Waals surface area contributed by atoms with E-state index >= 15 is 0 Å². The molecular formula is C10H19BO4. The van der Waals surface area contributed by atoms with Gasteiger partial charge in [-0.1, -0.05) is 0 Å². The van der Waals surface area contributed by atoms with Crippen molar-refractivity contribution in [3.05, 3.63) is 0 Å². The van der Waals surface area contributed by atoms with Gasteiger partial charge in [0.15, 0.2) is 0 Å². The molecule has 0 amide bonds. The Bertz CT molecular complexity index is 210. The Kier molecular flexibility index (Phi) is 4.17. The van der Waals surface area contributed by atoms with Gasteiger partial charge >= 0.3 is 0 Å². The molecule has 1 aliphatic rings. The summed E-state index contributed by atoms with van der Waals surface area (Å²) in [6, 6.07) is -0.642. The first kappa shape index (κ1) is 13.0. The van der Waals surface area contributed by atoms with Crippen LogP contribution >= 0.6 is 0 Å². The van der Waals surface area contributed by atoms with Crippen LogP contribution in [0.4, 0.5) is 0 Å². The molecule has 1 saturated heterocycles. The van der Waals surface area contributed by atoms with Crippen LogP contribution in [-0.4, -0.2) is 49.7 Å². The molecule has 0 saturated carbocycles. The van der Waals surface area contributed by atoms with Crippen LogP contribution in [0.5, 0.6) is 0 Å². The molecule has 86 valence electrons. The van der Waals surface area contributed by atoms with Gasteiger partial charge in [0.25, 0.3) is 0 Å². The van der Waals surface area contributed by atoms with Crippen molar-refractivity contribution in [3.63, 3.8) is 0 Å². The first-order chi connectivity index (χ1) is 6.85. The highest BCUT2D eigenvalue weighted by Gasteiger charge is 2.49. The second-order valence-corrected chi connectivity index (χ2v) is 4.39. The lowest BCUT2D eigenvalue weighted by atomic mass is 9.92. The summed E-state index contributed by atoms with van der Waals surface area (Å²) in [5, 5.41) is 10.2. The monoisotopic (exact) mass is 214 g/mol. The molecule has 3 atom stereocenters. The Balaban J connectivity index is 2.69. The topological polar surface area (TPSA) is 47.9 Å². The first-order valence-corrected chi connectivity index (χ1v) is 5.28. The van der Waals surface area contributed by atoms with Gasteiger partial charge in [0, 0.05) is 6.00 Å². The van der Waals surface area contributed by atoms with Gasteiger partial charge in [-0.2, -0.15) is 0 Å². The molecular weight excluding hydrogens is 195 g/mol. The van der Waals surface area contributed by atoms with Crippen molar-refractivity contribution in [1.29, 1.82) is 0 Å². The molecule has 1 heterocycles. The number of hydrogen-bond donors (Lipinski definition) is 1. The van der Waals surface area contributed by atoms with E-state index in [0.717, 1.165) is 0 Å². The smallest absolute Gasteiger partial charge is 0.218 e. The van der Waals surface area contributed by atoms with Crippen molar-refractivity contribution < 1.29 is 19.3 Å². The van der Waals surface area contributed by atoms with Gasteiger partial charge in [0.1, 0.15) is 20.6 Å². The normalized spacial score (nSPS) is 36.7. The average molecular weight is 214 g/mol. The summed E-state index contributed by atoms with van der Waals surface area (Å²) < 4.78 is 16.1. The van der Waals surface area contributed by atoms with Gasteiger partial charge in [-0.25, -0.2) is 0 Å². The lowest BCUT2D eigenvalue weighted by Gasteiger charge is -2.32. The fourth-order valence-electron chi connectivity index (χ4n) is 1.63. The number of rotatable bonds is 4. The average Bonchev–Trinajstić information content (AvgIpc) is 2.31. The fraction of sp³-hybridized carbons (Fsp3) is 1.00. The van der Waals surface area contributed by atoms with Crippen molar-refractivity contribution in [2.24, 2.45) is 0 Å². The predicted molar refractivity (Wildman–Crippen MR) is 56.7 cm³/mol. The third kappa shape index (κ3) is 3.18. The van der Waals surface area contributed by atoms with E-state index in [2.05, 4.69) is 0 Å². The standard InChI is InChI=1S/C10H19BO4/c1-6(2)14-8-9(11)13-5-10(8,12)15-7(3)4/h6-9,12H,5H2,1-4H3/t8-,9-,10?/m1/s1. The van der Waals surface area contributed by atoms with E-state index in [4.69, 9.17) is 22.1 Å². The SMILES string of the molecule is [B][C@@H]1OCC(O)(OC(C)C)[C@@H]1OC(C)C. The van der Waals surface area contributed by atoms with Crippen LogP contribution in [0.3, 0.4) is 0 Å². The maximum atomic E-state index is 10.2. The molecule has 0 spiro atoms. The van der Waals surface area contributed by atoms with Gasteiger partial charge in [0.05, 0.1) is 12.2 Å². The minimum atomic E-state index is -1.43. The predicted octanol–water partition coefficient (Wildman–Crippen LogP) is 0.418. The highest BCUT2D eigenvalue weighted by Crippen LogP contribution is 2.29. The van der Waals surface area contributed by atoms with Crippen molar-refractivity contribution in [2.75, 3.05) is 6.61 Å². The maximum absolute atomic E-state index is 10.2. The van der Waals surface area contributed by atoms with Gasteiger partial charge < -0.3 is 19.3 Å². The summed E-state index contributed by atoms with van der Waals surface area (Å²) in [4.78, 5) is 0. The Labute approximate surface area is 92.3 Å². The second-order valence-electron chi connectivity index (χ2n) is 4.39. The zero-order valence-electron chi connectivity index (χ0n) is 9.77. The third-order valence-corrected chi connectivity index (χ3v) is 2.08. The molecule has 1 unspecified atom stereocenters. The summed E-state index contributed by atoms with van der Waals surface area (Å²) in [7, 11) is 5.69. The van der Waals surface area contributed by atoms with E-state index in [0.29, 0.717) is 0 Å². The van der Waals surface area contributed by atoms with Gasteiger partial charge in [-0.3, -0.25) is 0 Å². The molecule has 1 fully saturated rings. The highest BCUT2D eigenvalue weighted by atomic mass is 16.7. The second kappa shape index (κ2) is 4.83. The molecule has 1 aliphatic heterocycles. The Hall–Kier alpha value is -0.0951. The molecule has 0 aliphatic carbocycles. The van der Waals surface area contributed by atoms with Gasteiger partial charge in [0.2, 0.25) is 5.79 Å². The largest absolute Gasteiger partial charge is 0.379 e. The molecule has 15 heavy (non-hydrogen) atoms. The molecule has 0 aromatic rings. The molecule has 1 N–H and O–H groups in total. The molecule has 5 heteroatoms. The van der Waals surface area contributed by atoms with Crippen LogP contribution in [0, 0.1) is 0 Å². The molecule has 4 nitrogen and oxygen atoms in total. The minimum Gasteiger partial charge on any atom is -0.379 e. The molecule has 0 bridgehead atoms. The Morgan fingerprint density at radius 3 is 2.40 bits per heavy atom. The van der Waals surface area contributed by atoms with E-state index in [1.165, 1.54) is 0 Å². The fourth-order valence-corrected chi connectivity index (χ4v) is 1.63. The highest BCUT2D eigenvalue weighted by molar-refractivity contribution is 6.11. The van der Waals surface area contributed by atoms with Crippen LogP contribution in [0.2, 0.25) is 0 Å². The van der Waals surface area contributed by atoms with Crippen LogP contribution in [0.25, 0.3) is 0 Å². The minimum absolute atomic E-state index is 0.0370. The number of aliphatic hydroxyl groups is 1. The van der Waals surface area contributed by atoms with Crippen LogP contribution < -0.4 is 0 Å². The van der Waals surface area contributed by atoms with Crippen molar-refractivity contribution in [3.8, 4) is 0 Å². The quantitative estimate of drug-likeness (QED) is 0.544. The Morgan fingerprint density at radius 1 is 1.33 bits per heavy atom. The zero-order valence-corrected chi connectivity index (χ0v) is 9.77. The summed E-state index contributed by atoms with van der Waals surface area (Å²) in [5.41, 5.74) is 0. The van der Waals surface area contributed by atoms with Crippen LogP contribution in [0.15, 0.2) is 0 Å². The summed E-state index contributed by atoms with van der Waals surface area (Å²) in [6.45, 7) is 7.48. The molecule has 0 aromatic carbocycles. The van der Waals surface area contributed by atoms with E-state index in [9.17, 15) is 5.11 Å². The molecule has 0 aromatic heterocycles. The van der Waals surface area contributed by atoms with Crippen molar-refractivity contribution in [1.82, 2.24) is 0 Å². The van der Waals surface area contributed by atoms with Crippen LogP contribution in [-0.2, 0) is 14.2 Å². The first-order valence-electron chi connectivity index (χ1n) is 5.28.